The number of amides is 1. The highest BCUT2D eigenvalue weighted by Crippen LogP contribution is 1.92. The molecule has 0 saturated heterocycles. The van der Waals surface area contributed by atoms with E-state index < -0.39 is 0 Å². The smallest absolute Gasteiger partial charge is 0.220 e. The van der Waals surface area contributed by atoms with Crippen molar-refractivity contribution in [2.45, 2.75) is 32.7 Å². The Hall–Kier alpha value is -0.900. The summed E-state index contributed by atoms with van der Waals surface area (Å²) in [5.41, 5.74) is 0. The summed E-state index contributed by atoms with van der Waals surface area (Å²) in [4.78, 5) is 23.9. The lowest BCUT2D eigenvalue weighted by Crippen LogP contribution is -2.39. The summed E-state index contributed by atoms with van der Waals surface area (Å²) < 4.78 is 0. The lowest BCUT2D eigenvalue weighted by atomic mass is 10.2. The first-order valence-corrected chi connectivity index (χ1v) is 4.85. The zero-order chi connectivity index (χ0) is 11.1. The minimum atomic E-state index is -0.0467. The average molecular weight is 200 g/mol. The van der Waals surface area contributed by atoms with Gasteiger partial charge in [-0.05, 0) is 27.9 Å². The van der Waals surface area contributed by atoms with Crippen LogP contribution in [0.3, 0.4) is 0 Å². The number of ketones is 1. The summed E-state index contributed by atoms with van der Waals surface area (Å²) in [7, 11) is 3.91. The first-order valence-electron chi connectivity index (χ1n) is 4.85. The molecule has 0 aromatic heterocycles. The third kappa shape index (κ3) is 7.73. The lowest BCUT2D eigenvalue weighted by Gasteiger charge is -2.18. The molecule has 0 fully saturated rings. The van der Waals surface area contributed by atoms with Crippen molar-refractivity contribution in [3.8, 4) is 0 Å². The van der Waals surface area contributed by atoms with Crippen molar-refractivity contribution in [1.29, 1.82) is 0 Å². The monoisotopic (exact) mass is 200 g/mol. The van der Waals surface area contributed by atoms with E-state index in [-0.39, 0.29) is 17.7 Å². The van der Waals surface area contributed by atoms with Gasteiger partial charge >= 0.3 is 0 Å². The summed E-state index contributed by atoms with van der Waals surface area (Å²) in [5.74, 6) is 0.00922. The Bertz CT molecular complexity index is 202. The van der Waals surface area contributed by atoms with Gasteiger partial charge in [-0.1, -0.05) is 0 Å². The second-order valence-corrected chi connectivity index (χ2v) is 3.93. The Morgan fingerprint density at radius 2 is 1.86 bits per heavy atom. The zero-order valence-corrected chi connectivity index (χ0v) is 9.46. The predicted octanol–water partition coefficient (Wildman–Crippen LogP) is 0.422. The van der Waals surface area contributed by atoms with Gasteiger partial charge in [-0.3, -0.25) is 4.79 Å². The third-order valence-electron chi connectivity index (χ3n) is 1.75. The highest BCUT2D eigenvalue weighted by Gasteiger charge is 2.08. The Morgan fingerprint density at radius 3 is 2.29 bits per heavy atom. The molecule has 0 saturated carbocycles. The highest BCUT2D eigenvalue weighted by molar-refractivity contribution is 5.83. The molecule has 1 amide bonds. The summed E-state index contributed by atoms with van der Waals surface area (Å²) in [5, 5.41) is 2.83. The molecule has 0 aliphatic carbocycles. The molecule has 0 aromatic rings. The maximum Gasteiger partial charge on any atom is 0.220 e. The quantitative estimate of drug-likeness (QED) is 0.676. The van der Waals surface area contributed by atoms with Crippen molar-refractivity contribution in [1.82, 2.24) is 10.2 Å². The molecular formula is C10H20N2O2. The van der Waals surface area contributed by atoms with Gasteiger partial charge in [-0.2, -0.15) is 0 Å². The number of hydrogen-bond donors (Lipinski definition) is 1. The van der Waals surface area contributed by atoms with E-state index in [1.807, 2.05) is 25.9 Å². The molecule has 1 N–H and O–H groups in total. The predicted molar refractivity (Wildman–Crippen MR) is 56.1 cm³/mol. The number of Topliss-reactive ketones (excluding diaryl/α,β-unsaturated/α-hetero) is 1. The first kappa shape index (κ1) is 13.1. The molecule has 82 valence electrons. The second-order valence-electron chi connectivity index (χ2n) is 3.93. The van der Waals surface area contributed by atoms with E-state index in [0.29, 0.717) is 12.8 Å². The molecule has 0 heterocycles. The maximum absolute atomic E-state index is 11.3. The van der Waals surface area contributed by atoms with Crippen molar-refractivity contribution in [3.63, 3.8) is 0 Å². The second kappa shape index (κ2) is 6.54. The number of hydrogen-bond acceptors (Lipinski definition) is 3. The van der Waals surface area contributed by atoms with Crippen LogP contribution in [0.15, 0.2) is 0 Å². The molecule has 1 atom stereocenters. The Kier molecular flexibility index (Phi) is 6.12. The standard InChI is InChI=1S/C10H20N2O2/c1-8(7-12(3)4)11-10(14)6-5-9(2)13/h8H,5-7H2,1-4H3,(H,11,14). The molecule has 0 rings (SSSR count). The zero-order valence-electron chi connectivity index (χ0n) is 9.46. The number of nitrogens with zero attached hydrogens (tertiary/aromatic N) is 1. The summed E-state index contributed by atoms with van der Waals surface area (Å²) >= 11 is 0. The molecule has 0 aliphatic heterocycles. The van der Waals surface area contributed by atoms with Crippen molar-refractivity contribution in [2.75, 3.05) is 20.6 Å². The van der Waals surface area contributed by atoms with Crippen LogP contribution in [0.1, 0.15) is 26.7 Å². The largest absolute Gasteiger partial charge is 0.352 e. The topological polar surface area (TPSA) is 49.4 Å². The number of nitrogens with one attached hydrogen (secondary N) is 1. The van der Waals surface area contributed by atoms with Gasteiger partial charge in [0, 0.05) is 25.4 Å². The summed E-state index contributed by atoms with van der Waals surface area (Å²) in [6.07, 6.45) is 0.633. The van der Waals surface area contributed by atoms with E-state index in [0.717, 1.165) is 6.54 Å². The minimum absolute atomic E-state index is 0.0467. The van der Waals surface area contributed by atoms with Gasteiger partial charge in [0.2, 0.25) is 5.91 Å². The Labute approximate surface area is 85.7 Å². The molecule has 0 aromatic carbocycles. The fourth-order valence-corrected chi connectivity index (χ4v) is 1.23. The fourth-order valence-electron chi connectivity index (χ4n) is 1.23. The van der Waals surface area contributed by atoms with Crippen LogP contribution in [0, 0.1) is 0 Å². The van der Waals surface area contributed by atoms with Gasteiger partial charge in [0.05, 0.1) is 0 Å². The van der Waals surface area contributed by atoms with E-state index in [9.17, 15) is 9.59 Å². The molecule has 0 spiro atoms. The number of likely N-dealkylation sites (N-methyl/N-ethyl adjacent to an activating group) is 1. The summed E-state index contributed by atoms with van der Waals surface area (Å²) in [6.45, 7) is 4.26. The van der Waals surface area contributed by atoms with Crippen LogP contribution in [0.25, 0.3) is 0 Å². The van der Waals surface area contributed by atoms with Crippen LogP contribution in [-0.2, 0) is 9.59 Å². The van der Waals surface area contributed by atoms with Crippen molar-refractivity contribution in [3.05, 3.63) is 0 Å². The molecule has 4 heteroatoms. The number of rotatable bonds is 6. The molecule has 0 bridgehead atoms. The van der Waals surface area contributed by atoms with E-state index in [1.165, 1.54) is 6.92 Å². The van der Waals surface area contributed by atoms with Crippen molar-refractivity contribution < 1.29 is 9.59 Å². The van der Waals surface area contributed by atoms with Gasteiger partial charge in [0.25, 0.3) is 0 Å². The molecular weight excluding hydrogens is 180 g/mol. The maximum atomic E-state index is 11.3. The Balaban J connectivity index is 3.65. The van der Waals surface area contributed by atoms with Crippen LogP contribution in [0.2, 0.25) is 0 Å². The normalized spacial score (nSPS) is 12.6. The molecule has 4 nitrogen and oxygen atoms in total. The number of carbonyl (C=O) groups is 2. The first-order chi connectivity index (χ1) is 6.41. The minimum Gasteiger partial charge on any atom is -0.352 e. The molecule has 0 radical (unpaired) electrons. The van der Waals surface area contributed by atoms with Crippen LogP contribution < -0.4 is 5.32 Å². The van der Waals surface area contributed by atoms with Crippen LogP contribution >= 0.6 is 0 Å². The van der Waals surface area contributed by atoms with Gasteiger partial charge in [0.1, 0.15) is 5.78 Å². The van der Waals surface area contributed by atoms with Gasteiger partial charge in [-0.15, -0.1) is 0 Å². The molecule has 1 unspecified atom stereocenters. The SMILES string of the molecule is CC(=O)CCC(=O)NC(C)CN(C)C. The van der Waals surface area contributed by atoms with Gasteiger partial charge < -0.3 is 15.0 Å². The van der Waals surface area contributed by atoms with E-state index >= 15 is 0 Å². The van der Waals surface area contributed by atoms with Gasteiger partial charge in [-0.25, -0.2) is 0 Å². The highest BCUT2D eigenvalue weighted by atomic mass is 16.2. The van der Waals surface area contributed by atoms with E-state index in [4.69, 9.17) is 0 Å². The summed E-state index contributed by atoms with van der Waals surface area (Å²) in [6, 6.07) is 0.129. The molecule has 0 aliphatic rings. The Morgan fingerprint density at radius 1 is 1.29 bits per heavy atom. The van der Waals surface area contributed by atoms with Crippen LogP contribution in [0.4, 0.5) is 0 Å². The lowest BCUT2D eigenvalue weighted by molar-refractivity contribution is -0.125. The van der Waals surface area contributed by atoms with Crippen LogP contribution in [-0.4, -0.2) is 43.3 Å². The van der Waals surface area contributed by atoms with E-state index in [1.54, 1.807) is 0 Å². The van der Waals surface area contributed by atoms with Crippen molar-refractivity contribution >= 4 is 11.7 Å². The van der Waals surface area contributed by atoms with Crippen molar-refractivity contribution in [2.24, 2.45) is 0 Å². The average Bonchev–Trinajstić information content (AvgIpc) is 1.98. The molecule has 14 heavy (non-hydrogen) atoms. The van der Waals surface area contributed by atoms with Gasteiger partial charge in [0.15, 0.2) is 0 Å². The number of carbonyl (C=O) groups excluding carboxylic acids is 2. The van der Waals surface area contributed by atoms with Crippen LogP contribution in [0.5, 0.6) is 0 Å². The third-order valence-corrected chi connectivity index (χ3v) is 1.75. The fraction of sp³-hybridized carbons (Fsp3) is 0.800. The van der Waals surface area contributed by atoms with E-state index in [2.05, 4.69) is 5.32 Å².